The summed E-state index contributed by atoms with van der Waals surface area (Å²) >= 11 is 0. The van der Waals surface area contributed by atoms with Gasteiger partial charge in [0.1, 0.15) is 0 Å². The molecule has 4 aromatic heterocycles. The minimum absolute atomic E-state index is 0. The molecular formula is C27H34N8Pt. The Morgan fingerprint density at radius 2 is 1.03 bits per heavy atom. The summed E-state index contributed by atoms with van der Waals surface area (Å²) in [6, 6.07) is 11.8. The maximum atomic E-state index is 4.89. The van der Waals surface area contributed by atoms with Crippen molar-refractivity contribution in [3.63, 3.8) is 0 Å². The predicted octanol–water partition coefficient (Wildman–Crippen LogP) is 4.74. The molecule has 0 fully saturated rings. The molecule has 0 bridgehead atoms. The second-order valence-corrected chi connectivity index (χ2v) is 11.9. The Morgan fingerprint density at radius 1 is 0.639 bits per heavy atom. The largest absolute Gasteiger partial charge is 2.00 e. The topological polar surface area (TPSA) is 87.2 Å². The number of nitrogens with zero attached hydrogens (tertiary/aromatic N) is 8. The van der Waals surface area contributed by atoms with E-state index in [0.717, 1.165) is 35.9 Å². The van der Waals surface area contributed by atoms with Gasteiger partial charge in [-0.3, -0.25) is 9.97 Å². The molecule has 0 aliphatic heterocycles. The summed E-state index contributed by atoms with van der Waals surface area (Å²) in [5, 5.41) is 9.18. The summed E-state index contributed by atoms with van der Waals surface area (Å²) in [7, 11) is 0. The minimum Gasteiger partial charge on any atom is -0.350 e. The Bertz CT molecular complexity index is 1210. The van der Waals surface area contributed by atoms with Gasteiger partial charge in [-0.15, -0.1) is 0 Å². The van der Waals surface area contributed by atoms with Crippen molar-refractivity contribution in [2.75, 3.05) is 0 Å². The fourth-order valence-corrected chi connectivity index (χ4v) is 3.74. The number of hydrogen-bond acceptors (Lipinski definition) is 6. The summed E-state index contributed by atoms with van der Waals surface area (Å²) in [6.07, 6.45) is 7.48. The van der Waals surface area contributed by atoms with Gasteiger partial charge in [0.2, 0.25) is 0 Å². The van der Waals surface area contributed by atoms with Gasteiger partial charge in [0, 0.05) is 41.1 Å². The van der Waals surface area contributed by atoms with E-state index in [4.69, 9.17) is 9.97 Å². The number of pyridine rings is 2. The Hall–Kier alpha value is -2.73. The van der Waals surface area contributed by atoms with Crippen molar-refractivity contribution in [1.29, 1.82) is 0 Å². The van der Waals surface area contributed by atoms with E-state index in [9.17, 15) is 0 Å². The standard InChI is InChI=1S/C27H34N8.Pt/c1-25(2,3)15-21-28-17-34(32-21)23-13-9-11-19(30-23)27(7,8)20-12-10-14-24(31-20)35-18-29-22(33-35)16-26(4,5)6;/h9-14H,15-16H2,1-8H3;/q-2;+2. The van der Waals surface area contributed by atoms with E-state index in [0.29, 0.717) is 11.6 Å². The van der Waals surface area contributed by atoms with Crippen LogP contribution in [-0.4, -0.2) is 39.5 Å². The molecule has 36 heavy (non-hydrogen) atoms. The Labute approximate surface area is 228 Å². The van der Waals surface area contributed by atoms with Crippen molar-refractivity contribution in [2.24, 2.45) is 10.8 Å². The normalized spacial score (nSPS) is 12.4. The van der Waals surface area contributed by atoms with E-state index in [-0.39, 0.29) is 31.9 Å². The number of aromatic nitrogens is 8. The molecule has 0 saturated carbocycles. The first-order valence-corrected chi connectivity index (χ1v) is 11.9. The zero-order valence-corrected chi connectivity index (χ0v) is 24.5. The third-order valence-electron chi connectivity index (χ3n) is 5.54. The fraction of sp³-hybridized carbons (Fsp3) is 0.481. The summed E-state index contributed by atoms with van der Waals surface area (Å²) in [5.41, 5.74) is 1.48. The fourth-order valence-electron chi connectivity index (χ4n) is 3.74. The van der Waals surface area contributed by atoms with Crippen molar-refractivity contribution in [1.82, 2.24) is 39.5 Å². The molecule has 0 aromatic carbocycles. The van der Waals surface area contributed by atoms with Crippen LogP contribution in [-0.2, 0) is 39.3 Å². The van der Waals surface area contributed by atoms with Gasteiger partial charge < -0.3 is 19.3 Å². The van der Waals surface area contributed by atoms with Crippen LogP contribution in [0.15, 0.2) is 36.4 Å². The van der Waals surface area contributed by atoms with Gasteiger partial charge in [0.05, 0.1) is 11.6 Å². The van der Waals surface area contributed by atoms with Crippen molar-refractivity contribution in [3.8, 4) is 11.6 Å². The average molecular weight is 666 g/mol. The molecule has 9 heteroatoms. The third-order valence-corrected chi connectivity index (χ3v) is 5.54. The van der Waals surface area contributed by atoms with Crippen molar-refractivity contribution in [2.45, 2.75) is 73.6 Å². The Morgan fingerprint density at radius 3 is 1.39 bits per heavy atom. The zero-order valence-electron chi connectivity index (χ0n) is 22.3. The van der Waals surface area contributed by atoms with Gasteiger partial charge in [-0.2, -0.15) is 0 Å². The maximum absolute atomic E-state index is 4.89. The van der Waals surface area contributed by atoms with Crippen LogP contribution in [0.1, 0.15) is 78.4 Å². The van der Waals surface area contributed by atoms with Crippen molar-refractivity contribution in [3.05, 3.63) is 72.1 Å². The van der Waals surface area contributed by atoms with Crippen LogP contribution in [0.3, 0.4) is 0 Å². The van der Waals surface area contributed by atoms with Crippen LogP contribution >= 0.6 is 0 Å². The van der Waals surface area contributed by atoms with Gasteiger partial charge in [0.15, 0.2) is 0 Å². The quantitative estimate of drug-likeness (QED) is 0.277. The van der Waals surface area contributed by atoms with E-state index in [1.807, 2.05) is 36.4 Å². The SMILES string of the molecule is CC(C)(C)Cc1n[c-]n(-c2cccc(C(C)(C)c3cccc(-n4[c-]nc(CC(C)(C)C)n4)n3)n2)n1.[Pt+2]. The van der Waals surface area contributed by atoms with Crippen molar-refractivity contribution < 1.29 is 21.1 Å². The molecule has 8 nitrogen and oxygen atoms in total. The summed E-state index contributed by atoms with van der Waals surface area (Å²) in [5.74, 6) is 2.87. The molecule has 0 unspecified atom stereocenters. The number of hydrogen-bond donors (Lipinski definition) is 0. The number of rotatable bonds is 6. The molecule has 0 atom stereocenters. The van der Waals surface area contributed by atoms with Gasteiger partial charge in [-0.05, 0) is 49.7 Å². The van der Waals surface area contributed by atoms with E-state index in [2.05, 4.69) is 88.2 Å². The van der Waals surface area contributed by atoms with Crippen LogP contribution in [0.25, 0.3) is 11.6 Å². The van der Waals surface area contributed by atoms with E-state index in [1.54, 1.807) is 9.36 Å². The first kappa shape index (κ1) is 27.8. The molecule has 0 amide bonds. The van der Waals surface area contributed by atoms with Crippen LogP contribution in [0.4, 0.5) is 0 Å². The molecule has 0 aliphatic rings. The smallest absolute Gasteiger partial charge is 0.350 e. The minimum atomic E-state index is -0.463. The molecule has 0 saturated heterocycles. The molecule has 4 aromatic rings. The van der Waals surface area contributed by atoms with E-state index >= 15 is 0 Å². The molecule has 192 valence electrons. The Kier molecular flexibility index (Phi) is 7.99. The molecule has 0 aliphatic carbocycles. The molecule has 4 rings (SSSR count). The first-order chi connectivity index (χ1) is 16.3. The average Bonchev–Trinajstić information content (AvgIpc) is 3.41. The van der Waals surface area contributed by atoms with E-state index in [1.165, 1.54) is 0 Å². The predicted molar refractivity (Wildman–Crippen MR) is 134 cm³/mol. The molecular weight excluding hydrogens is 631 g/mol. The van der Waals surface area contributed by atoms with Crippen molar-refractivity contribution >= 4 is 0 Å². The molecule has 4 heterocycles. The second kappa shape index (κ2) is 10.3. The van der Waals surface area contributed by atoms with Crippen LogP contribution in [0.5, 0.6) is 0 Å². The summed E-state index contributed by atoms with van der Waals surface area (Å²) in [4.78, 5) is 18.5. The van der Waals surface area contributed by atoms with Gasteiger partial charge in [0.25, 0.3) is 0 Å². The van der Waals surface area contributed by atoms with Gasteiger partial charge in [-0.1, -0.05) is 65.8 Å². The summed E-state index contributed by atoms with van der Waals surface area (Å²) < 4.78 is 3.23. The molecule has 0 N–H and O–H groups in total. The zero-order chi connectivity index (χ0) is 25.4. The first-order valence-electron chi connectivity index (χ1n) is 11.9. The van der Waals surface area contributed by atoms with Gasteiger partial charge >= 0.3 is 21.1 Å². The van der Waals surface area contributed by atoms with Crippen LogP contribution < -0.4 is 0 Å². The van der Waals surface area contributed by atoms with Crippen LogP contribution in [0, 0.1) is 23.5 Å². The molecule has 0 spiro atoms. The van der Waals surface area contributed by atoms with E-state index < -0.39 is 5.41 Å². The maximum Gasteiger partial charge on any atom is 2.00 e. The molecule has 0 radical (unpaired) electrons. The third kappa shape index (κ3) is 6.72. The monoisotopic (exact) mass is 665 g/mol. The van der Waals surface area contributed by atoms with Gasteiger partial charge in [-0.25, -0.2) is 10.2 Å². The summed E-state index contributed by atoms with van der Waals surface area (Å²) in [6.45, 7) is 17.2. The Balaban J connectivity index is 0.00000361. The van der Waals surface area contributed by atoms with Crippen LogP contribution in [0.2, 0.25) is 0 Å². The second-order valence-electron chi connectivity index (χ2n) is 11.9.